The van der Waals surface area contributed by atoms with Gasteiger partial charge in [0.25, 0.3) is 0 Å². The molecule has 132 valence electrons. The maximum absolute atomic E-state index is 12.1. The van der Waals surface area contributed by atoms with Gasteiger partial charge in [-0.3, -0.25) is 20.4 Å². The van der Waals surface area contributed by atoms with Gasteiger partial charge in [0.15, 0.2) is 5.76 Å². The average Bonchev–Trinajstić information content (AvgIpc) is 3.23. The molecular formula is C20H18N2O3S. The van der Waals surface area contributed by atoms with Crippen molar-refractivity contribution in [2.24, 2.45) is 0 Å². The van der Waals surface area contributed by atoms with E-state index in [1.165, 1.54) is 24.1 Å². The van der Waals surface area contributed by atoms with Crippen molar-refractivity contribution in [2.75, 3.05) is 5.75 Å². The maximum Gasteiger partial charge on any atom is 0.305 e. The van der Waals surface area contributed by atoms with Crippen molar-refractivity contribution in [3.63, 3.8) is 0 Å². The van der Waals surface area contributed by atoms with Crippen molar-refractivity contribution < 1.29 is 14.0 Å². The van der Waals surface area contributed by atoms with E-state index in [9.17, 15) is 9.59 Å². The summed E-state index contributed by atoms with van der Waals surface area (Å²) in [6, 6.07) is 23.2. The number of amides is 2. The number of hydrazine groups is 1. The third-order valence-corrected chi connectivity index (χ3v) is 4.95. The molecule has 0 saturated heterocycles. The predicted molar refractivity (Wildman–Crippen MR) is 102 cm³/mol. The van der Waals surface area contributed by atoms with Gasteiger partial charge in [0.2, 0.25) is 5.91 Å². The van der Waals surface area contributed by atoms with Crippen LogP contribution in [0.3, 0.4) is 0 Å². The number of benzene rings is 2. The Kier molecular flexibility index (Phi) is 6.11. The van der Waals surface area contributed by atoms with Crippen LogP contribution in [-0.2, 0) is 4.79 Å². The lowest BCUT2D eigenvalue weighted by molar-refractivity contribution is -0.119. The van der Waals surface area contributed by atoms with Crippen molar-refractivity contribution in [2.45, 2.75) is 5.25 Å². The van der Waals surface area contributed by atoms with Crippen molar-refractivity contribution in [3.8, 4) is 0 Å². The Morgan fingerprint density at radius 1 is 0.846 bits per heavy atom. The summed E-state index contributed by atoms with van der Waals surface area (Å²) < 4.78 is 4.97. The van der Waals surface area contributed by atoms with Gasteiger partial charge < -0.3 is 4.42 Å². The van der Waals surface area contributed by atoms with Crippen LogP contribution < -0.4 is 10.9 Å². The molecule has 0 spiro atoms. The van der Waals surface area contributed by atoms with Gasteiger partial charge >= 0.3 is 5.91 Å². The summed E-state index contributed by atoms with van der Waals surface area (Å²) in [6.07, 6.45) is 1.40. The molecule has 0 saturated carbocycles. The van der Waals surface area contributed by atoms with Gasteiger partial charge in [-0.2, -0.15) is 0 Å². The molecule has 0 radical (unpaired) electrons. The predicted octanol–water partition coefficient (Wildman–Crippen LogP) is 3.56. The van der Waals surface area contributed by atoms with Gasteiger partial charge in [0.05, 0.1) is 17.3 Å². The summed E-state index contributed by atoms with van der Waals surface area (Å²) in [7, 11) is 0. The summed E-state index contributed by atoms with van der Waals surface area (Å²) in [6.45, 7) is 0. The molecule has 0 aliphatic heterocycles. The lowest BCUT2D eigenvalue weighted by atomic mass is 10.0. The molecule has 0 aliphatic rings. The van der Waals surface area contributed by atoms with E-state index in [1.54, 1.807) is 6.07 Å². The van der Waals surface area contributed by atoms with Gasteiger partial charge in [-0.15, -0.1) is 11.8 Å². The highest BCUT2D eigenvalue weighted by Gasteiger charge is 2.17. The Labute approximate surface area is 155 Å². The Balaban J connectivity index is 1.59. The topological polar surface area (TPSA) is 71.3 Å². The first-order valence-corrected chi connectivity index (χ1v) is 9.13. The molecule has 0 atom stereocenters. The average molecular weight is 366 g/mol. The van der Waals surface area contributed by atoms with Gasteiger partial charge in [-0.25, -0.2) is 0 Å². The lowest BCUT2D eigenvalue weighted by Crippen LogP contribution is -2.42. The molecule has 0 bridgehead atoms. The normalized spacial score (nSPS) is 10.5. The summed E-state index contributed by atoms with van der Waals surface area (Å²) in [5.41, 5.74) is 7.00. The second-order valence-electron chi connectivity index (χ2n) is 5.49. The second kappa shape index (κ2) is 8.92. The highest BCUT2D eigenvalue weighted by atomic mass is 32.2. The fourth-order valence-electron chi connectivity index (χ4n) is 2.43. The maximum atomic E-state index is 12.1. The molecule has 6 heteroatoms. The van der Waals surface area contributed by atoms with Crippen molar-refractivity contribution >= 4 is 23.6 Å². The molecule has 1 aromatic heterocycles. The number of furan rings is 1. The number of hydrogen-bond donors (Lipinski definition) is 2. The summed E-state index contributed by atoms with van der Waals surface area (Å²) in [5, 5.41) is 0.0314. The molecule has 3 rings (SSSR count). The standard InChI is InChI=1S/C20H18N2O3S/c23-18(21-22-20(24)17-12-7-13-25-17)14-26-19(15-8-3-1-4-9-15)16-10-5-2-6-11-16/h1-13,19H,14H2,(H,21,23)(H,22,24). The smallest absolute Gasteiger partial charge is 0.305 e. The quantitative estimate of drug-likeness (QED) is 0.655. The summed E-state index contributed by atoms with van der Waals surface area (Å²) >= 11 is 1.50. The Hall–Kier alpha value is -2.99. The number of rotatable bonds is 6. The molecule has 3 aromatic rings. The van der Waals surface area contributed by atoms with Crippen LogP contribution in [-0.4, -0.2) is 17.6 Å². The van der Waals surface area contributed by atoms with Crippen molar-refractivity contribution in [1.82, 2.24) is 10.9 Å². The third-order valence-electron chi connectivity index (χ3n) is 3.65. The minimum absolute atomic E-state index is 0.0314. The largest absolute Gasteiger partial charge is 0.459 e. The van der Waals surface area contributed by atoms with E-state index < -0.39 is 5.91 Å². The Bertz CT molecular complexity index is 797. The van der Waals surface area contributed by atoms with Crippen LogP contribution in [0.2, 0.25) is 0 Å². The Morgan fingerprint density at radius 3 is 2.00 bits per heavy atom. The van der Waals surface area contributed by atoms with E-state index in [2.05, 4.69) is 10.9 Å². The highest BCUT2D eigenvalue weighted by Crippen LogP contribution is 2.35. The molecule has 0 aliphatic carbocycles. The zero-order valence-corrected chi connectivity index (χ0v) is 14.7. The van der Waals surface area contributed by atoms with E-state index in [4.69, 9.17) is 4.42 Å². The molecule has 2 amide bonds. The van der Waals surface area contributed by atoms with Gasteiger partial charge in [-0.05, 0) is 23.3 Å². The molecule has 26 heavy (non-hydrogen) atoms. The van der Waals surface area contributed by atoms with E-state index in [-0.39, 0.29) is 22.7 Å². The van der Waals surface area contributed by atoms with E-state index in [1.807, 2.05) is 60.7 Å². The first-order valence-electron chi connectivity index (χ1n) is 8.08. The third kappa shape index (κ3) is 4.77. The molecule has 0 unspecified atom stereocenters. The van der Waals surface area contributed by atoms with Crippen LogP contribution in [0.4, 0.5) is 0 Å². The van der Waals surface area contributed by atoms with E-state index >= 15 is 0 Å². The number of nitrogens with one attached hydrogen (secondary N) is 2. The number of carbonyl (C=O) groups excluding carboxylic acids is 2. The zero-order valence-electron chi connectivity index (χ0n) is 13.9. The van der Waals surface area contributed by atoms with Gasteiger partial charge in [-0.1, -0.05) is 60.7 Å². The monoisotopic (exact) mass is 366 g/mol. The Morgan fingerprint density at radius 2 is 1.46 bits per heavy atom. The molecule has 1 heterocycles. The highest BCUT2D eigenvalue weighted by molar-refractivity contribution is 8.00. The zero-order chi connectivity index (χ0) is 18.2. The lowest BCUT2D eigenvalue weighted by Gasteiger charge is -2.17. The van der Waals surface area contributed by atoms with Crippen molar-refractivity contribution in [1.29, 1.82) is 0 Å². The summed E-state index contributed by atoms with van der Waals surface area (Å²) in [4.78, 5) is 23.9. The number of thioether (sulfide) groups is 1. The molecule has 5 nitrogen and oxygen atoms in total. The SMILES string of the molecule is O=C(CSC(c1ccccc1)c1ccccc1)NNC(=O)c1ccco1. The van der Waals surface area contributed by atoms with E-state index in [0.717, 1.165) is 11.1 Å². The van der Waals surface area contributed by atoms with Crippen LogP contribution in [0.5, 0.6) is 0 Å². The number of carbonyl (C=O) groups is 2. The molecule has 2 aromatic carbocycles. The van der Waals surface area contributed by atoms with Gasteiger partial charge in [0.1, 0.15) is 0 Å². The second-order valence-corrected chi connectivity index (χ2v) is 6.59. The van der Waals surface area contributed by atoms with Crippen LogP contribution in [0.25, 0.3) is 0 Å². The van der Waals surface area contributed by atoms with Crippen LogP contribution in [0.1, 0.15) is 26.9 Å². The van der Waals surface area contributed by atoms with Crippen LogP contribution in [0, 0.1) is 0 Å². The van der Waals surface area contributed by atoms with Crippen LogP contribution >= 0.6 is 11.8 Å². The first kappa shape index (κ1) is 17.8. The van der Waals surface area contributed by atoms with Crippen LogP contribution in [0.15, 0.2) is 83.5 Å². The van der Waals surface area contributed by atoms with Crippen molar-refractivity contribution in [3.05, 3.63) is 95.9 Å². The molecule has 0 fully saturated rings. The number of hydrogen-bond acceptors (Lipinski definition) is 4. The molecular weight excluding hydrogens is 348 g/mol. The van der Waals surface area contributed by atoms with Gasteiger partial charge in [0, 0.05) is 0 Å². The summed E-state index contributed by atoms with van der Waals surface area (Å²) in [5.74, 6) is -0.431. The minimum Gasteiger partial charge on any atom is -0.459 e. The molecule has 2 N–H and O–H groups in total. The fourth-order valence-corrected chi connectivity index (χ4v) is 3.52. The minimum atomic E-state index is -0.490. The first-order chi connectivity index (χ1) is 12.7. The van der Waals surface area contributed by atoms with E-state index in [0.29, 0.717) is 0 Å². The fraction of sp³-hybridized carbons (Fsp3) is 0.100.